The van der Waals surface area contributed by atoms with Crippen LogP contribution in [0, 0.1) is 0 Å². The Morgan fingerprint density at radius 1 is 0.548 bits per heavy atom. The largest absolute Gasteiger partial charge is 0.278 e. The van der Waals surface area contributed by atoms with Crippen molar-refractivity contribution >= 4 is 57.1 Å². The lowest BCUT2D eigenvalue weighted by Crippen LogP contribution is -2.52. The van der Waals surface area contributed by atoms with E-state index >= 15 is 0 Å². The van der Waals surface area contributed by atoms with Crippen molar-refractivity contribution in [2.75, 3.05) is 0 Å². The maximum atomic E-state index is 4.43. The minimum Gasteiger partial charge on any atom is -0.278 e. The molecule has 0 aromatic carbocycles. The van der Waals surface area contributed by atoms with E-state index in [4.69, 9.17) is 0 Å². The molecule has 3 N–H and O–H groups in total. The van der Waals surface area contributed by atoms with Crippen LogP contribution in [0.5, 0.6) is 0 Å². The summed E-state index contributed by atoms with van der Waals surface area (Å²) >= 11 is 5.09. The van der Waals surface area contributed by atoms with Crippen LogP contribution in [0.25, 0.3) is 31.7 Å². The first-order valence-corrected chi connectivity index (χ1v) is 12.3. The Hall–Kier alpha value is -3.21. The molecule has 0 saturated carbocycles. The lowest BCUT2D eigenvalue weighted by Gasteiger charge is -2.14. The lowest BCUT2D eigenvalue weighted by molar-refractivity contribution is 1.10. The average Bonchev–Trinajstić information content (AvgIpc) is 3.62. The summed E-state index contributed by atoms with van der Waals surface area (Å²) in [6, 6.07) is 12.5. The first-order chi connectivity index (χ1) is 15.4. The smallest absolute Gasteiger partial charge is 0.256 e. The number of thiophene rings is 3. The summed E-state index contributed by atoms with van der Waals surface area (Å²) in [5.41, 5.74) is 6.37. The average molecular weight is 458 g/mol. The van der Waals surface area contributed by atoms with Crippen LogP contribution in [0.3, 0.4) is 0 Å². The summed E-state index contributed by atoms with van der Waals surface area (Å²) in [5, 5.41) is 29.2. The van der Waals surface area contributed by atoms with E-state index in [1.165, 1.54) is 0 Å². The molecule has 6 aromatic rings. The van der Waals surface area contributed by atoms with E-state index in [9.17, 15) is 0 Å². The molecule has 6 nitrogen and oxygen atoms in total. The summed E-state index contributed by atoms with van der Waals surface area (Å²) < 4.78 is 0. The minimum atomic E-state index is -0.0949. The molecule has 0 aliphatic carbocycles. The third kappa shape index (κ3) is 3.20. The van der Waals surface area contributed by atoms with Crippen LogP contribution in [0.15, 0.2) is 71.1 Å². The number of rotatable bonds is 6. The summed E-state index contributed by atoms with van der Waals surface area (Å²) in [6.07, 6.45) is 5.78. The molecule has 0 fully saturated rings. The number of hydrogen-bond acceptors (Lipinski definition) is 6. The zero-order valence-corrected chi connectivity index (χ0v) is 18.5. The van der Waals surface area contributed by atoms with Gasteiger partial charge in [-0.25, -0.2) is 0 Å². The third-order valence-electron chi connectivity index (χ3n) is 5.24. The monoisotopic (exact) mass is 458 g/mol. The molecule has 6 aromatic heterocycles. The molecule has 0 spiro atoms. The van der Waals surface area contributed by atoms with E-state index in [0.29, 0.717) is 0 Å². The predicted molar refractivity (Wildman–Crippen MR) is 130 cm³/mol. The van der Waals surface area contributed by atoms with Gasteiger partial charge < -0.3 is 0 Å². The van der Waals surface area contributed by atoms with Crippen molar-refractivity contribution < 1.29 is 0 Å². The van der Waals surface area contributed by atoms with Crippen LogP contribution in [0.1, 0.15) is 0 Å². The highest BCUT2D eigenvalue weighted by molar-refractivity contribution is 7.15. The molecule has 0 atom stereocenters. The zero-order chi connectivity index (χ0) is 20.6. The highest BCUT2D eigenvalue weighted by atomic mass is 32.1. The first-order valence-electron chi connectivity index (χ1n) is 9.61. The molecule has 0 radical (unpaired) electrons. The Balaban J connectivity index is 1.59. The first kappa shape index (κ1) is 18.6. The quantitative estimate of drug-likeness (QED) is 0.334. The molecule has 0 aliphatic rings. The Kier molecular flexibility index (Phi) is 4.67. The van der Waals surface area contributed by atoms with E-state index in [1.807, 2.05) is 18.6 Å². The van der Waals surface area contributed by atoms with Crippen molar-refractivity contribution in [2.24, 2.45) is 0 Å². The molecule has 0 aliphatic heterocycles. The van der Waals surface area contributed by atoms with Crippen LogP contribution in [-0.4, -0.2) is 37.3 Å². The Morgan fingerprint density at radius 2 is 0.903 bits per heavy atom. The molecule has 0 bridgehead atoms. The van der Waals surface area contributed by atoms with Crippen LogP contribution < -0.4 is 16.4 Å². The second-order valence-electron chi connectivity index (χ2n) is 6.97. The van der Waals surface area contributed by atoms with Crippen molar-refractivity contribution in [1.82, 2.24) is 30.6 Å². The Morgan fingerprint density at radius 3 is 1.19 bits per heavy atom. The number of nitrogens with zero attached hydrogens (tertiary/aromatic N) is 3. The summed E-state index contributed by atoms with van der Waals surface area (Å²) in [5.74, 6) is 0. The predicted octanol–water partition coefficient (Wildman–Crippen LogP) is 3.56. The van der Waals surface area contributed by atoms with Crippen molar-refractivity contribution in [1.29, 1.82) is 0 Å². The molecule has 0 unspecified atom stereocenters. The number of hydrogen-bond donors (Lipinski definition) is 3. The fourth-order valence-corrected chi connectivity index (χ4v) is 6.13. The molecular formula is C21H15BN6S3. The van der Waals surface area contributed by atoms with Gasteiger partial charge >= 0.3 is 0 Å². The number of aromatic amines is 3. The fraction of sp³-hybridized carbons (Fsp3) is 0. The van der Waals surface area contributed by atoms with Gasteiger partial charge in [0.25, 0.3) is 6.71 Å². The van der Waals surface area contributed by atoms with Gasteiger partial charge in [0.15, 0.2) is 0 Å². The van der Waals surface area contributed by atoms with Gasteiger partial charge in [-0.1, -0.05) is 18.2 Å². The van der Waals surface area contributed by atoms with Crippen molar-refractivity contribution in [3.63, 3.8) is 0 Å². The number of nitrogens with one attached hydrogen (secondary N) is 3. The van der Waals surface area contributed by atoms with E-state index in [2.05, 4.69) is 83.1 Å². The maximum absolute atomic E-state index is 4.43. The van der Waals surface area contributed by atoms with Gasteiger partial charge in [0.2, 0.25) is 0 Å². The van der Waals surface area contributed by atoms with Crippen LogP contribution in [-0.2, 0) is 0 Å². The molecule has 6 rings (SSSR count). The fourth-order valence-electron chi connectivity index (χ4n) is 3.90. The van der Waals surface area contributed by atoms with E-state index < -0.39 is 0 Å². The normalized spacial score (nSPS) is 11.2. The highest BCUT2D eigenvalue weighted by Gasteiger charge is 2.33. The second-order valence-corrected chi connectivity index (χ2v) is 9.81. The summed E-state index contributed by atoms with van der Waals surface area (Å²) in [7, 11) is 0. The van der Waals surface area contributed by atoms with E-state index in [-0.39, 0.29) is 6.71 Å². The summed E-state index contributed by atoms with van der Waals surface area (Å²) in [4.78, 5) is 3.46. The van der Waals surface area contributed by atoms with Gasteiger partial charge in [-0.2, -0.15) is 15.3 Å². The lowest BCUT2D eigenvalue weighted by atomic mass is 9.36. The highest BCUT2D eigenvalue weighted by Crippen LogP contribution is 2.26. The van der Waals surface area contributed by atoms with Crippen molar-refractivity contribution in [2.45, 2.75) is 0 Å². The number of aromatic nitrogens is 6. The van der Waals surface area contributed by atoms with Crippen LogP contribution in [0.2, 0.25) is 0 Å². The van der Waals surface area contributed by atoms with E-state index in [0.717, 1.165) is 48.1 Å². The van der Waals surface area contributed by atoms with E-state index in [1.54, 1.807) is 34.0 Å². The molecule has 0 saturated heterocycles. The minimum absolute atomic E-state index is 0.0949. The SMILES string of the molecule is c1csc(-c2[nH]ncc2B(c2cn[nH]c2-c2cccs2)c2cn[nH]c2-c2cccs2)c1. The van der Waals surface area contributed by atoms with Gasteiger partial charge in [-0.05, 0) is 50.7 Å². The number of H-pyrrole nitrogens is 3. The molecule has 0 amide bonds. The van der Waals surface area contributed by atoms with Gasteiger partial charge in [0.05, 0.1) is 31.7 Å². The van der Waals surface area contributed by atoms with Crippen molar-refractivity contribution in [3.8, 4) is 31.7 Å². The van der Waals surface area contributed by atoms with Crippen LogP contribution in [0.4, 0.5) is 0 Å². The van der Waals surface area contributed by atoms with Crippen LogP contribution >= 0.6 is 34.0 Å². The summed E-state index contributed by atoms with van der Waals surface area (Å²) in [6.45, 7) is -0.0949. The molecule has 10 heteroatoms. The Bertz CT molecular complexity index is 1220. The Labute approximate surface area is 190 Å². The second kappa shape index (κ2) is 7.80. The van der Waals surface area contributed by atoms with Gasteiger partial charge in [0, 0.05) is 18.6 Å². The zero-order valence-electron chi connectivity index (χ0n) is 16.1. The van der Waals surface area contributed by atoms with Crippen molar-refractivity contribution in [3.05, 3.63) is 71.1 Å². The van der Waals surface area contributed by atoms with Gasteiger partial charge in [-0.3, -0.25) is 15.3 Å². The standard InChI is InChI=1S/C21H15BN6S3/c1-4-16(29-7-1)19-13(10-23-26-19)22(14-11-24-27-20(14)17-5-2-8-30-17)15-12-25-28-21(15)18-6-3-9-31-18/h1-12H,(H,23,26)(H,24,27)(H,25,28). The molecule has 150 valence electrons. The molecular weight excluding hydrogens is 443 g/mol. The molecule has 6 heterocycles. The van der Waals surface area contributed by atoms with Gasteiger partial charge in [0.1, 0.15) is 0 Å². The topological polar surface area (TPSA) is 86.0 Å². The maximum Gasteiger partial charge on any atom is 0.256 e. The molecule has 31 heavy (non-hydrogen) atoms. The third-order valence-corrected chi connectivity index (χ3v) is 7.90. The van der Waals surface area contributed by atoms with Gasteiger partial charge in [-0.15, -0.1) is 34.0 Å².